The second-order valence-corrected chi connectivity index (χ2v) is 5.16. The minimum Gasteiger partial charge on any atom is -0.497 e. The van der Waals surface area contributed by atoms with Crippen LogP contribution in [0.25, 0.3) is 0 Å². The van der Waals surface area contributed by atoms with Crippen LogP contribution in [0.3, 0.4) is 0 Å². The number of ether oxygens (including phenoxy) is 1. The summed E-state index contributed by atoms with van der Waals surface area (Å²) in [5.74, 6) is 0.610. The molecule has 1 aliphatic carbocycles. The monoisotopic (exact) mass is 284 g/mol. The molecule has 3 rings (SSSR count). The smallest absolute Gasteiger partial charge is 0.292 e. The van der Waals surface area contributed by atoms with E-state index in [-0.39, 0.29) is 16.7 Å². The van der Waals surface area contributed by atoms with Crippen molar-refractivity contribution in [2.24, 2.45) is 0 Å². The van der Waals surface area contributed by atoms with Crippen molar-refractivity contribution >= 4 is 11.4 Å². The summed E-state index contributed by atoms with van der Waals surface area (Å²) in [5.41, 5.74) is 3.20. The summed E-state index contributed by atoms with van der Waals surface area (Å²) in [6.45, 7) is 0. The summed E-state index contributed by atoms with van der Waals surface area (Å²) >= 11 is 0. The molecule has 108 valence electrons. The Morgan fingerprint density at radius 2 is 1.86 bits per heavy atom. The quantitative estimate of drug-likeness (QED) is 0.691. The molecule has 0 bridgehead atoms. The Bertz CT molecular complexity index is 660. The molecule has 1 N–H and O–H groups in total. The summed E-state index contributed by atoms with van der Waals surface area (Å²) in [4.78, 5) is 10.8. The van der Waals surface area contributed by atoms with Crippen molar-refractivity contribution in [3.63, 3.8) is 0 Å². The van der Waals surface area contributed by atoms with Crippen LogP contribution in [0.1, 0.15) is 11.1 Å². The van der Waals surface area contributed by atoms with Crippen LogP contribution in [0, 0.1) is 10.1 Å². The topological polar surface area (TPSA) is 64.4 Å². The molecule has 0 heterocycles. The number of nitrogens with one attached hydrogen (secondary N) is 1. The highest BCUT2D eigenvalue weighted by Crippen LogP contribution is 2.32. The Hall–Kier alpha value is -2.56. The van der Waals surface area contributed by atoms with Gasteiger partial charge in [-0.3, -0.25) is 10.1 Å². The molecule has 1 aliphatic rings. The van der Waals surface area contributed by atoms with Crippen LogP contribution in [-0.2, 0) is 12.8 Å². The van der Waals surface area contributed by atoms with E-state index in [0.717, 1.165) is 12.8 Å². The second kappa shape index (κ2) is 5.44. The number of rotatable bonds is 4. The average Bonchev–Trinajstić information content (AvgIpc) is 2.89. The Labute approximate surface area is 122 Å². The number of nitrogens with zero attached hydrogens (tertiary/aromatic N) is 1. The van der Waals surface area contributed by atoms with E-state index in [1.54, 1.807) is 19.2 Å². The molecule has 2 aromatic rings. The lowest BCUT2D eigenvalue weighted by atomic mass is 10.1. The first kappa shape index (κ1) is 13.4. The number of hydrogen-bond donors (Lipinski definition) is 1. The molecular weight excluding hydrogens is 268 g/mol. The number of hydrogen-bond acceptors (Lipinski definition) is 4. The molecule has 0 spiro atoms. The van der Waals surface area contributed by atoms with E-state index in [1.165, 1.54) is 17.2 Å². The van der Waals surface area contributed by atoms with Gasteiger partial charge in [0.15, 0.2) is 0 Å². The standard InChI is InChI=1S/C16H16N2O3/c1-21-14-6-7-16(18(19)20)15(10-14)17-13-8-11-4-2-3-5-12(11)9-13/h2-7,10,13,17H,8-9H2,1H3. The zero-order valence-electron chi connectivity index (χ0n) is 11.7. The fourth-order valence-electron chi connectivity index (χ4n) is 2.80. The van der Waals surface area contributed by atoms with Crippen LogP contribution < -0.4 is 10.1 Å². The van der Waals surface area contributed by atoms with Crippen LogP contribution in [0.5, 0.6) is 5.75 Å². The summed E-state index contributed by atoms with van der Waals surface area (Å²) in [7, 11) is 1.55. The number of fused-ring (bicyclic) bond motifs is 1. The highest BCUT2D eigenvalue weighted by atomic mass is 16.6. The number of methoxy groups -OCH3 is 1. The molecule has 0 fully saturated rings. The average molecular weight is 284 g/mol. The number of anilines is 1. The SMILES string of the molecule is COc1ccc([N+](=O)[O-])c(NC2Cc3ccccc3C2)c1. The molecule has 2 aromatic carbocycles. The van der Waals surface area contributed by atoms with E-state index >= 15 is 0 Å². The number of nitro benzene ring substituents is 1. The lowest BCUT2D eigenvalue weighted by Crippen LogP contribution is -2.20. The molecule has 0 aromatic heterocycles. The maximum absolute atomic E-state index is 11.1. The van der Waals surface area contributed by atoms with Crippen LogP contribution in [0.15, 0.2) is 42.5 Å². The van der Waals surface area contributed by atoms with Gasteiger partial charge < -0.3 is 10.1 Å². The van der Waals surface area contributed by atoms with E-state index in [0.29, 0.717) is 11.4 Å². The van der Waals surface area contributed by atoms with Crippen LogP contribution >= 0.6 is 0 Å². The zero-order chi connectivity index (χ0) is 14.8. The first-order valence-corrected chi connectivity index (χ1v) is 6.83. The molecule has 0 saturated heterocycles. The fraction of sp³-hybridized carbons (Fsp3) is 0.250. The first-order valence-electron chi connectivity index (χ1n) is 6.83. The van der Waals surface area contributed by atoms with E-state index in [1.807, 2.05) is 12.1 Å². The molecule has 0 unspecified atom stereocenters. The minimum absolute atomic E-state index is 0.0757. The van der Waals surface area contributed by atoms with Gasteiger partial charge in [0.25, 0.3) is 5.69 Å². The third-order valence-corrected chi connectivity index (χ3v) is 3.81. The molecule has 0 amide bonds. The van der Waals surface area contributed by atoms with Gasteiger partial charge in [-0.25, -0.2) is 0 Å². The summed E-state index contributed by atoms with van der Waals surface area (Å²) in [6, 6.07) is 13.2. The normalized spacial score (nSPS) is 13.8. The predicted molar refractivity (Wildman–Crippen MR) is 80.9 cm³/mol. The predicted octanol–water partition coefficient (Wildman–Crippen LogP) is 3.18. The van der Waals surface area contributed by atoms with Gasteiger partial charge in [0.05, 0.1) is 12.0 Å². The number of nitro groups is 1. The highest BCUT2D eigenvalue weighted by Gasteiger charge is 2.24. The Morgan fingerprint density at radius 3 is 2.43 bits per heavy atom. The van der Waals surface area contributed by atoms with Crippen molar-refractivity contribution in [1.29, 1.82) is 0 Å². The van der Waals surface area contributed by atoms with Crippen molar-refractivity contribution in [2.45, 2.75) is 18.9 Å². The van der Waals surface area contributed by atoms with Gasteiger partial charge in [0.2, 0.25) is 0 Å². The van der Waals surface area contributed by atoms with Gasteiger partial charge >= 0.3 is 0 Å². The van der Waals surface area contributed by atoms with Crippen LogP contribution in [-0.4, -0.2) is 18.1 Å². The fourth-order valence-corrected chi connectivity index (χ4v) is 2.80. The molecule has 21 heavy (non-hydrogen) atoms. The van der Waals surface area contributed by atoms with Gasteiger partial charge in [-0.15, -0.1) is 0 Å². The van der Waals surface area contributed by atoms with Gasteiger partial charge in [-0.2, -0.15) is 0 Å². The Morgan fingerprint density at radius 1 is 1.19 bits per heavy atom. The van der Waals surface area contributed by atoms with E-state index < -0.39 is 0 Å². The van der Waals surface area contributed by atoms with Crippen molar-refractivity contribution in [3.8, 4) is 5.75 Å². The molecule has 5 nitrogen and oxygen atoms in total. The van der Waals surface area contributed by atoms with Crippen molar-refractivity contribution < 1.29 is 9.66 Å². The van der Waals surface area contributed by atoms with Gasteiger partial charge in [-0.05, 0) is 30.0 Å². The number of benzene rings is 2. The second-order valence-electron chi connectivity index (χ2n) is 5.16. The summed E-state index contributed by atoms with van der Waals surface area (Å²) < 4.78 is 5.15. The molecular formula is C16H16N2O3. The zero-order valence-corrected chi connectivity index (χ0v) is 11.7. The highest BCUT2D eigenvalue weighted by molar-refractivity contribution is 5.65. The van der Waals surface area contributed by atoms with Gasteiger partial charge in [0.1, 0.15) is 11.4 Å². The van der Waals surface area contributed by atoms with Gasteiger partial charge in [-0.1, -0.05) is 24.3 Å². The Kier molecular flexibility index (Phi) is 3.48. The first-order chi connectivity index (χ1) is 10.2. The van der Waals surface area contributed by atoms with E-state index in [9.17, 15) is 10.1 Å². The molecule has 0 saturated carbocycles. The maximum atomic E-state index is 11.1. The van der Waals surface area contributed by atoms with E-state index in [2.05, 4.69) is 17.4 Å². The van der Waals surface area contributed by atoms with Crippen LogP contribution in [0.2, 0.25) is 0 Å². The third kappa shape index (κ3) is 2.67. The minimum atomic E-state index is -0.371. The Balaban J connectivity index is 1.84. The lowest BCUT2D eigenvalue weighted by Gasteiger charge is -2.14. The van der Waals surface area contributed by atoms with Crippen molar-refractivity contribution in [3.05, 3.63) is 63.7 Å². The third-order valence-electron chi connectivity index (χ3n) is 3.81. The lowest BCUT2D eigenvalue weighted by molar-refractivity contribution is -0.384. The van der Waals surface area contributed by atoms with Crippen molar-refractivity contribution in [1.82, 2.24) is 0 Å². The molecule has 0 aliphatic heterocycles. The summed E-state index contributed by atoms with van der Waals surface area (Å²) in [5, 5.41) is 14.4. The molecule has 0 atom stereocenters. The van der Waals surface area contributed by atoms with Crippen molar-refractivity contribution in [2.75, 3.05) is 12.4 Å². The van der Waals surface area contributed by atoms with E-state index in [4.69, 9.17) is 4.74 Å². The molecule has 0 radical (unpaired) electrons. The van der Waals surface area contributed by atoms with Gasteiger partial charge in [0, 0.05) is 18.2 Å². The largest absolute Gasteiger partial charge is 0.497 e. The summed E-state index contributed by atoms with van der Waals surface area (Å²) in [6.07, 6.45) is 1.76. The van der Waals surface area contributed by atoms with Crippen LogP contribution in [0.4, 0.5) is 11.4 Å². The molecule has 5 heteroatoms. The maximum Gasteiger partial charge on any atom is 0.292 e.